The van der Waals surface area contributed by atoms with Crippen molar-refractivity contribution < 1.29 is 4.79 Å². The Morgan fingerprint density at radius 2 is 1.71 bits per heavy atom. The van der Waals surface area contributed by atoms with Gasteiger partial charge in [0.25, 0.3) is 0 Å². The maximum absolute atomic E-state index is 10.6. The third kappa shape index (κ3) is 3.77. The van der Waals surface area contributed by atoms with Gasteiger partial charge in [0.1, 0.15) is 6.29 Å². The van der Waals surface area contributed by atoms with Crippen molar-refractivity contribution in [2.45, 2.75) is 57.3 Å². The van der Waals surface area contributed by atoms with E-state index in [1.54, 1.807) is 0 Å². The standard InChI is InChI=1S/C19H25BrO/c20-19-9-7-15(8-10-19)17-6-5-16-12-14(2-1-11-21)3-4-18(16)13-17/h7-11,14,16-18H,1-6,12-13H2/t14?,16-,17-,18?/m1/s1. The highest BCUT2D eigenvalue weighted by Crippen LogP contribution is 2.48. The van der Waals surface area contributed by atoms with Gasteiger partial charge in [0.05, 0.1) is 0 Å². The topological polar surface area (TPSA) is 17.1 Å². The quantitative estimate of drug-likeness (QED) is 0.635. The molecule has 0 spiro atoms. The van der Waals surface area contributed by atoms with Crippen molar-refractivity contribution >= 4 is 22.2 Å². The molecule has 0 radical (unpaired) electrons. The minimum atomic E-state index is 0.767. The first kappa shape index (κ1) is 15.3. The van der Waals surface area contributed by atoms with Gasteiger partial charge in [0.2, 0.25) is 0 Å². The smallest absolute Gasteiger partial charge is 0.120 e. The molecule has 114 valence electrons. The Morgan fingerprint density at radius 3 is 2.48 bits per heavy atom. The van der Waals surface area contributed by atoms with Gasteiger partial charge in [-0.3, -0.25) is 0 Å². The van der Waals surface area contributed by atoms with Crippen LogP contribution in [0, 0.1) is 17.8 Å². The predicted octanol–water partition coefficient (Wildman–Crippen LogP) is 5.73. The van der Waals surface area contributed by atoms with Crippen molar-refractivity contribution in [3.63, 3.8) is 0 Å². The summed E-state index contributed by atoms with van der Waals surface area (Å²) >= 11 is 3.53. The molecule has 0 aliphatic heterocycles. The van der Waals surface area contributed by atoms with Crippen molar-refractivity contribution in [2.75, 3.05) is 0 Å². The fourth-order valence-electron chi connectivity index (χ4n) is 4.59. The Labute approximate surface area is 136 Å². The molecule has 2 aliphatic rings. The number of hydrogen-bond acceptors (Lipinski definition) is 1. The first-order chi connectivity index (χ1) is 10.3. The van der Waals surface area contributed by atoms with E-state index in [0.29, 0.717) is 0 Å². The number of carbonyl (C=O) groups is 1. The van der Waals surface area contributed by atoms with E-state index in [4.69, 9.17) is 0 Å². The molecule has 2 fully saturated rings. The lowest BCUT2D eigenvalue weighted by Gasteiger charge is -2.42. The zero-order chi connectivity index (χ0) is 14.7. The van der Waals surface area contributed by atoms with E-state index in [9.17, 15) is 4.79 Å². The van der Waals surface area contributed by atoms with Crippen molar-refractivity contribution in [1.29, 1.82) is 0 Å². The molecule has 0 saturated heterocycles. The van der Waals surface area contributed by atoms with Crippen molar-refractivity contribution in [1.82, 2.24) is 0 Å². The summed E-state index contributed by atoms with van der Waals surface area (Å²) in [4.78, 5) is 10.6. The molecule has 4 atom stereocenters. The third-order valence-electron chi connectivity index (χ3n) is 5.76. The fraction of sp³-hybridized carbons (Fsp3) is 0.632. The van der Waals surface area contributed by atoms with E-state index in [1.807, 2.05) is 0 Å². The summed E-state index contributed by atoms with van der Waals surface area (Å²) in [6, 6.07) is 8.95. The second-order valence-corrected chi connectivity index (χ2v) is 7.92. The molecule has 2 unspecified atom stereocenters. The lowest BCUT2D eigenvalue weighted by Crippen LogP contribution is -2.30. The summed E-state index contributed by atoms with van der Waals surface area (Å²) in [5.41, 5.74) is 1.53. The molecule has 0 bridgehead atoms. The van der Waals surface area contributed by atoms with E-state index >= 15 is 0 Å². The monoisotopic (exact) mass is 348 g/mol. The number of hydrogen-bond donors (Lipinski definition) is 0. The van der Waals surface area contributed by atoms with Crippen LogP contribution in [-0.2, 0) is 4.79 Å². The van der Waals surface area contributed by atoms with Crippen LogP contribution in [0.5, 0.6) is 0 Å². The molecule has 0 N–H and O–H groups in total. The summed E-state index contributed by atoms with van der Waals surface area (Å²) in [6.45, 7) is 0. The van der Waals surface area contributed by atoms with Crippen LogP contribution in [-0.4, -0.2) is 6.29 Å². The molecule has 1 aromatic rings. The molecule has 2 heteroatoms. The minimum Gasteiger partial charge on any atom is -0.303 e. The van der Waals surface area contributed by atoms with Crippen molar-refractivity contribution in [2.24, 2.45) is 17.8 Å². The van der Waals surface area contributed by atoms with Gasteiger partial charge < -0.3 is 4.79 Å². The van der Waals surface area contributed by atoms with E-state index in [2.05, 4.69) is 40.2 Å². The maximum atomic E-state index is 10.6. The Balaban J connectivity index is 1.57. The highest BCUT2D eigenvalue weighted by molar-refractivity contribution is 9.10. The van der Waals surface area contributed by atoms with Gasteiger partial charge in [-0.1, -0.05) is 34.5 Å². The van der Waals surface area contributed by atoms with E-state index in [-0.39, 0.29) is 0 Å². The number of benzene rings is 1. The van der Waals surface area contributed by atoms with Gasteiger partial charge in [-0.2, -0.15) is 0 Å². The molecule has 0 amide bonds. The van der Waals surface area contributed by atoms with Crippen LogP contribution in [0.2, 0.25) is 0 Å². The number of fused-ring (bicyclic) bond motifs is 1. The molecule has 2 aliphatic carbocycles. The van der Waals surface area contributed by atoms with Gasteiger partial charge >= 0.3 is 0 Å². The number of carbonyl (C=O) groups excluding carboxylic acids is 1. The predicted molar refractivity (Wildman–Crippen MR) is 90.4 cm³/mol. The van der Waals surface area contributed by atoms with E-state index in [0.717, 1.165) is 42.8 Å². The summed E-state index contributed by atoms with van der Waals surface area (Å²) < 4.78 is 1.18. The zero-order valence-corrected chi connectivity index (χ0v) is 14.2. The van der Waals surface area contributed by atoms with Crippen molar-refractivity contribution in [3.05, 3.63) is 34.3 Å². The normalized spacial score (nSPS) is 32.4. The van der Waals surface area contributed by atoms with Gasteiger partial charge in [-0.15, -0.1) is 0 Å². The van der Waals surface area contributed by atoms with Crippen molar-refractivity contribution in [3.8, 4) is 0 Å². The highest BCUT2D eigenvalue weighted by Gasteiger charge is 2.35. The van der Waals surface area contributed by atoms with Crippen LogP contribution in [0.25, 0.3) is 0 Å². The van der Waals surface area contributed by atoms with E-state index < -0.39 is 0 Å². The molecule has 0 heterocycles. The summed E-state index contributed by atoms with van der Waals surface area (Å²) in [6.07, 6.45) is 11.2. The van der Waals surface area contributed by atoms with Crippen LogP contribution in [0.3, 0.4) is 0 Å². The Kier molecular flexibility index (Phi) is 5.15. The lowest BCUT2D eigenvalue weighted by atomic mass is 9.63. The molecule has 1 aromatic carbocycles. The fourth-order valence-corrected chi connectivity index (χ4v) is 4.85. The Hall–Kier alpha value is -0.630. The summed E-state index contributed by atoms with van der Waals surface area (Å²) in [7, 11) is 0. The molecule has 3 rings (SSSR count). The first-order valence-electron chi connectivity index (χ1n) is 8.45. The molecule has 1 nitrogen and oxygen atoms in total. The largest absolute Gasteiger partial charge is 0.303 e. The lowest BCUT2D eigenvalue weighted by molar-refractivity contribution is -0.108. The molecular weight excluding hydrogens is 324 g/mol. The SMILES string of the molecule is O=CCCC1CCC2C[C@H](c3ccc(Br)cc3)CC[C@@H]2C1. The third-order valence-corrected chi connectivity index (χ3v) is 6.28. The second kappa shape index (κ2) is 7.09. The Bertz CT molecular complexity index is 467. The van der Waals surface area contributed by atoms with Crippen LogP contribution < -0.4 is 0 Å². The maximum Gasteiger partial charge on any atom is 0.120 e. The molecule has 2 saturated carbocycles. The van der Waals surface area contributed by atoms with Crippen LogP contribution in [0.4, 0.5) is 0 Å². The minimum absolute atomic E-state index is 0.767. The van der Waals surface area contributed by atoms with E-state index in [1.165, 1.54) is 48.6 Å². The molecule has 21 heavy (non-hydrogen) atoms. The van der Waals surface area contributed by atoms with Crippen LogP contribution >= 0.6 is 15.9 Å². The second-order valence-electron chi connectivity index (χ2n) is 7.00. The average Bonchev–Trinajstić information content (AvgIpc) is 2.53. The summed E-state index contributed by atoms with van der Waals surface area (Å²) in [5, 5.41) is 0. The van der Waals surface area contributed by atoms with Gasteiger partial charge in [0.15, 0.2) is 0 Å². The summed E-state index contributed by atoms with van der Waals surface area (Å²) in [5.74, 6) is 3.45. The molecule has 0 aromatic heterocycles. The number of rotatable bonds is 4. The van der Waals surface area contributed by atoms with Gasteiger partial charge in [-0.25, -0.2) is 0 Å². The van der Waals surface area contributed by atoms with Crippen LogP contribution in [0.1, 0.15) is 62.8 Å². The first-order valence-corrected chi connectivity index (χ1v) is 9.24. The average molecular weight is 349 g/mol. The zero-order valence-electron chi connectivity index (χ0n) is 12.6. The Morgan fingerprint density at radius 1 is 1.00 bits per heavy atom. The number of halogens is 1. The highest BCUT2D eigenvalue weighted by atomic mass is 79.9. The number of aldehydes is 1. The van der Waals surface area contributed by atoms with Crippen LogP contribution in [0.15, 0.2) is 28.7 Å². The van der Waals surface area contributed by atoms with Gasteiger partial charge in [0, 0.05) is 10.9 Å². The van der Waals surface area contributed by atoms with Gasteiger partial charge in [-0.05, 0) is 79.9 Å². The molecular formula is C19H25BrO.